The van der Waals surface area contributed by atoms with Gasteiger partial charge in [0.05, 0.1) is 38.2 Å². The molecule has 0 bridgehead atoms. The van der Waals surface area contributed by atoms with Gasteiger partial charge in [0, 0.05) is 121 Å². The number of aliphatic imine (C=N–C) groups is 1. The summed E-state index contributed by atoms with van der Waals surface area (Å²) in [5.41, 5.74) is 12.3. The predicted octanol–water partition coefficient (Wildman–Crippen LogP) is 8.89. The molecule has 0 amide bonds. The Morgan fingerprint density at radius 3 is 2.38 bits per heavy atom. The molecule has 0 radical (unpaired) electrons. The fraction of sp³-hybridized carbons (Fsp3) is 0.538. The number of ether oxygens (including phenoxy) is 7. The van der Waals surface area contributed by atoms with Gasteiger partial charge in [-0.25, -0.2) is 0 Å². The van der Waals surface area contributed by atoms with Gasteiger partial charge in [-0.15, -0.1) is 0 Å². The van der Waals surface area contributed by atoms with E-state index in [4.69, 9.17) is 38.2 Å². The first-order chi connectivity index (χ1) is 38.0. The van der Waals surface area contributed by atoms with Crippen LogP contribution in [-0.4, -0.2) is 157 Å². The lowest BCUT2D eigenvalue weighted by Crippen LogP contribution is -2.40. The van der Waals surface area contributed by atoms with E-state index in [2.05, 4.69) is 90.2 Å². The number of methoxy groups -OCH3 is 4. The SMILES string of the molecule is C=C1c2ccccc2CC2C=NC3=CC(OCC4=CC(COC5C=C6C(=CC5OC)C(=O)CC5=Cc7ccccc7CC5CN6C)CC(N(CCCC(O)OC)CCC5CCC5CCOCCOC)=C4)C(OC)C=C3C(O)C12. The molecule has 2 heterocycles. The molecule has 12 unspecified atom stereocenters. The fourth-order valence-corrected chi connectivity index (χ4v) is 13.4. The van der Waals surface area contributed by atoms with Gasteiger partial charge in [0.15, 0.2) is 12.1 Å². The van der Waals surface area contributed by atoms with Gasteiger partial charge in [-0.05, 0) is 133 Å². The maximum atomic E-state index is 14.2. The number of carbonyl (C=O) groups is 1. The molecule has 1 saturated carbocycles. The molecule has 13 nitrogen and oxygen atoms in total. The monoisotopic (exact) mass is 1070 g/mol. The van der Waals surface area contributed by atoms with E-state index in [1.54, 1.807) is 28.4 Å². The molecule has 2 aliphatic heterocycles. The van der Waals surface area contributed by atoms with Crippen LogP contribution in [0, 0.1) is 35.5 Å². The van der Waals surface area contributed by atoms with Crippen LogP contribution in [0.4, 0.5) is 0 Å². The van der Waals surface area contributed by atoms with E-state index in [0.717, 1.165) is 92.7 Å². The molecule has 13 heteroatoms. The third-order valence-electron chi connectivity index (χ3n) is 18.0. The zero-order valence-corrected chi connectivity index (χ0v) is 46.6. The number of benzene rings is 2. The Kier molecular flexibility index (Phi) is 18.8. The molecule has 6 aliphatic carbocycles. The highest BCUT2D eigenvalue weighted by atomic mass is 16.6. The number of ketones is 1. The minimum absolute atomic E-state index is 0.00404. The quantitative estimate of drug-likeness (QED) is 0.0812. The van der Waals surface area contributed by atoms with Crippen LogP contribution in [0.1, 0.15) is 73.6 Å². The first kappa shape index (κ1) is 56.2. The van der Waals surface area contributed by atoms with Crippen LogP contribution in [-0.2, 0) is 50.8 Å². The van der Waals surface area contributed by atoms with Crippen LogP contribution < -0.4 is 0 Å². The molecule has 8 aliphatic rings. The summed E-state index contributed by atoms with van der Waals surface area (Å²) in [6.45, 7) is 9.63. The summed E-state index contributed by atoms with van der Waals surface area (Å²) in [6.07, 6.45) is 22.2. The van der Waals surface area contributed by atoms with Crippen molar-refractivity contribution in [2.75, 3.05) is 88.2 Å². The summed E-state index contributed by atoms with van der Waals surface area (Å²) in [4.78, 5) is 24.0. The van der Waals surface area contributed by atoms with E-state index in [1.807, 2.05) is 30.5 Å². The fourth-order valence-electron chi connectivity index (χ4n) is 13.4. The average molecular weight is 1070 g/mol. The lowest BCUT2D eigenvalue weighted by molar-refractivity contribution is -0.115. The third-order valence-corrected chi connectivity index (χ3v) is 18.0. The largest absolute Gasteiger partial charge is 0.388 e. The smallest absolute Gasteiger partial charge is 0.168 e. The lowest BCUT2D eigenvalue weighted by atomic mass is 9.69. The maximum absolute atomic E-state index is 14.2. The summed E-state index contributed by atoms with van der Waals surface area (Å²) in [6, 6.07) is 16.9. The number of allylic oxidation sites excluding steroid dienone is 2. The average Bonchev–Trinajstić information content (AvgIpc) is 3.71. The van der Waals surface area contributed by atoms with Crippen LogP contribution in [0.3, 0.4) is 0 Å². The number of likely N-dealkylation sites (tertiary alicyclic amines) is 1. The van der Waals surface area contributed by atoms with Crippen LogP contribution in [0.25, 0.3) is 11.6 Å². The Morgan fingerprint density at radius 1 is 0.821 bits per heavy atom. The summed E-state index contributed by atoms with van der Waals surface area (Å²) in [7, 11) is 8.72. The molecule has 2 fully saturated rings. The summed E-state index contributed by atoms with van der Waals surface area (Å²) >= 11 is 0. The molecular weight excluding hydrogens is 983 g/mol. The van der Waals surface area contributed by atoms with Crippen molar-refractivity contribution in [2.45, 2.75) is 101 Å². The Labute approximate surface area is 462 Å². The number of aliphatic hydroxyl groups excluding tert-OH is 2. The number of Topliss-reactive ketones (excluding diaryl/α,β-unsaturated/α-hetero) is 1. The summed E-state index contributed by atoms with van der Waals surface area (Å²) in [5, 5.41) is 22.6. The van der Waals surface area contributed by atoms with Crippen molar-refractivity contribution >= 4 is 23.6 Å². The van der Waals surface area contributed by atoms with E-state index in [1.165, 1.54) is 40.8 Å². The maximum Gasteiger partial charge on any atom is 0.168 e. The Balaban J connectivity index is 0.887. The molecule has 12 atom stereocenters. The van der Waals surface area contributed by atoms with E-state index in [0.29, 0.717) is 62.4 Å². The zero-order chi connectivity index (χ0) is 54.3. The molecule has 10 rings (SSSR count). The third kappa shape index (κ3) is 12.8. The van der Waals surface area contributed by atoms with Gasteiger partial charge < -0.3 is 53.2 Å². The van der Waals surface area contributed by atoms with E-state index in [-0.39, 0.29) is 29.5 Å². The molecule has 78 heavy (non-hydrogen) atoms. The van der Waals surface area contributed by atoms with Crippen LogP contribution in [0.2, 0.25) is 0 Å². The van der Waals surface area contributed by atoms with Crippen LogP contribution in [0.5, 0.6) is 0 Å². The molecule has 1 saturated heterocycles. The highest BCUT2D eigenvalue weighted by molar-refractivity contribution is 6.02. The topological polar surface area (TPSA) is 141 Å². The molecule has 418 valence electrons. The van der Waals surface area contributed by atoms with E-state index >= 15 is 0 Å². The van der Waals surface area contributed by atoms with Crippen LogP contribution in [0.15, 0.2) is 136 Å². The van der Waals surface area contributed by atoms with E-state index < -0.39 is 36.8 Å². The van der Waals surface area contributed by atoms with Crippen molar-refractivity contribution in [3.63, 3.8) is 0 Å². The second-order valence-corrected chi connectivity index (χ2v) is 22.8. The molecule has 2 aromatic rings. The second-order valence-electron chi connectivity index (χ2n) is 22.8. The highest BCUT2D eigenvalue weighted by Gasteiger charge is 2.42. The van der Waals surface area contributed by atoms with Crippen LogP contribution >= 0.6 is 0 Å². The molecular formula is C65H83N3O10. The van der Waals surface area contributed by atoms with Gasteiger partial charge >= 0.3 is 0 Å². The minimum atomic E-state index is -0.824. The summed E-state index contributed by atoms with van der Waals surface area (Å²) < 4.78 is 42.5. The van der Waals surface area contributed by atoms with Gasteiger partial charge in [-0.1, -0.05) is 72.8 Å². The van der Waals surface area contributed by atoms with Crippen molar-refractivity contribution in [2.24, 2.45) is 40.5 Å². The minimum Gasteiger partial charge on any atom is -0.388 e. The van der Waals surface area contributed by atoms with E-state index in [9.17, 15) is 15.0 Å². The lowest BCUT2D eigenvalue weighted by Gasteiger charge is -2.40. The Morgan fingerprint density at radius 2 is 1.59 bits per heavy atom. The first-order valence-corrected chi connectivity index (χ1v) is 28.6. The highest BCUT2D eigenvalue weighted by Crippen LogP contribution is 2.46. The van der Waals surface area contributed by atoms with Crippen molar-refractivity contribution in [3.05, 3.63) is 153 Å². The van der Waals surface area contributed by atoms with Gasteiger partial charge in [-0.2, -0.15) is 0 Å². The normalized spacial score (nSPS) is 29.6. The van der Waals surface area contributed by atoms with Gasteiger partial charge in [-0.3, -0.25) is 9.79 Å². The standard InChI is InChI=1S/C65H83N3O10/c1-41-53-15-10-9-14-48(53)31-50-37-66-56-35-61(59(73-4)33-54(56)65(71)64(41)50)77-39-42-26-43(28-52(27-42)68(21-11-16-63(70)75-6)22-19-44-17-18-45(44)20-23-76-25-24-72-3)40-78-62-36-57-55(34-60(62)74-5)58(69)32-49-29-46-12-7-8-13-47(46)30-51(49)38-67(57)2/h7-10,12-15,26-27,29,33-37,43-45,50-51,59-65,70-71H,1,11,16-25,28,30-32,38-40H2,2-6H3. The Hall–Kier alpha value is -5.06. The first-order valence-electron chi connectivity index (χ1n) is 28.6. The predicted molar refractivity (Wildman–Crippen MR) is 304 cm³/mol. The summed E-state index contributed by atoms with van der Waals surface area (Å²) in [5.74, 6) is 1.39. The number of rotatable bonds is 23. The number of aliphatic hydroxyl groups is 2. The molecule has 0 spiro atoms. The van der Waals surface area contributed by atoms with Gasteiger partial charge in [0.2, 0.25) is 0 Å². The van der Waals surface area contributed by atoms with Gasteiger partial charge in [0.25, 0.3) is 0 Å². The Bertz CT molecular complexity index is 2730. The zero-order valence-electron chi connectivity index (χ0n) is 46.6. The number of fused-ring (bicyclic) bond motifs is 6. The number of nitrogens with zero attached hydrogens (tertiary/aromatic N) is 3. The van der Waals surface area contributed by atoms with Gasteiger partial charge in [0.1, 0.15) is 24.4 Å². The number of hydrogen-bond donors (Lipinski definition) is 2. The van der Waals surface area contributed by atoms with Crippen molar-refractivity contribution in [3.8, 4) is 0 Å². The van der Waals surface area contributed by atoms with Crippen molar-refractivity contribution < 1.29 is 48.2 Å². The second kappa shape index (κ2) is 26.0. The number of hydrogen-bond acceptors (Lipinski definition) is 13. The molecule has 0 aromatic heterocycles. The van der Waals surface area contributed by atoms with Crippen molar-refractivity contribution in [1.29, 1.82) is 0 Å². The van der Waals surface area contributed by atoms with Crippen molar-refractivity contribution in [1.82, 2.24) is 9.80 Å². The molecule has 2 aromatic carbocycles. The number of likely N-dealkylation sites (N-methyl/N-ethyl adjacent to an activating group) is 1. The molecule has 2 N–H and O–H groups in total. The number of carbonyl (C=O) groups excluding carboxylic acids is 1.